The van der Waals surface area contributed by atoms with E-state index < -0.39 is 5.97 Å². The first-order valence-corrected chi connectivity index (χ1v) is 6.93. The molecule has 1 N–H and O–H groups in total. The van der Waals surface area contributed by atoms with Crippen LogP contribution < -0.4 is 0 Å². The van der Waals surface area contributed by atoms with Crippen LogP contribution >= 0.6 is 35.2 Å². The first-order valence-electron chi connectivity index (χ1n) is 5.33. The van der Waals surface area contributed by atoms with E-state index in [9.17, 15) is 4.79 Å². The second kappa shape index (κ2) is 5.73. The van der Waals surface area contributed by atoms with Crippen LogP contribution in [0, 0.1) is 0 Å². The summed E-state index contributed by atoms with van der Waals surface area (Å²) in [5.41, 5.74) is 0.903. The van der Waals surface area contributed by atoms with Crippen LogP contribution in [0.5, 0.6) is 0 Å². The highest BCUT2D eigenvalue weighted by Crippen LogP contribution is 2.25. The van der Waals surface area contributed by atoms with E-state index in [-0.39, 0.29) is 6.42 Å². The molecule has 0 spiro atoms. The van der Waals surface area contributed by atoms with E-state index in [0.29, 0.717) is 17.9 Å². The lowest BCUT2D eigenvalue weighted by molar-refractivity contribution is -0.136. The molecule has 3 nitrogen and oxygen atoms in total. The molecule has 0 aliphatic carbocycles. The fourth-order valence-corrected chi connectivity index (χ4v) is 3.14. The molecule has 1 heterocycles. The standard InChI is InChI=1S/C12H10ClNO2S2/c13-7-1-3-9-10(5-7)18-11(14-9)6-8(17)2-4-12(15)16/h1,3,5H,2,4,6H2,(H,15,16). The van der Waals surface area contributed by atoms with E-state index in [0.717, 1.165) is 20.1 Å². The summed E-state index contributed by atoms with van der Waals surface area (Å²) in [6.07, 6.45) is 1.05. The number of halogens is 1. The monoisotopic (exact) mass is 299 g/mol. The van der Waals surface area contributed by atoms with E-state index >= 15 is 0 Å². The smallest absolute Gasteiger partial charge is 0.303 e. The third-order valence-corrected chi connectivity index (χ3v) is 3.96. The summed E-state index contributed by atoms with van der Waals surface area (Å²) in [5.74, 6) is -0.826. The number of aliphatic carboxylic acids is 1. The van der Waals surface area contributed by atoms with Gasteiger partial charge in [-0.05, 0) is 24.6 Å². The van der Waals surface area contributed by atoms with Crippen LogP contribution in [0.15, 0.2) is 18.2 Å². The van der Waals surface area contributed by atoms with Gasteiger partial charge in [0, 0.05) is 22.7 Å². The van der Waals surface area contributed by atoms with Gasteiger partial charge in [-0.3, -0.25) is 4.79 Å². The van der Waals surface area contributed by atoms with Crippen molar-refractivity contribution in [2.24, 2.45) is 0 Å². The van der Waals surface area contributed by atoms with E-state index in [1.807, 2.05) is 12.1 Å². The molecule has 0 saturated heterocycles. The quantitative estimate of drug-likeness (QED) is 0.855. The number of rotatable bonds is 5. The number of hydrogen-bond donors (Lipinski definition) is 1. The highest BCUT2D eigenvalue weighted by molar-refractivity contribution is 7.80. The number of thiazole rings is 1. The Morgan fingerprint density at radius 2 is 2.22 bits per heavy atom. The number of aromatic nitrogens is 1. The molecule has 0 saturated carbocycles. The lowest BCUT2D eigenvalue weighted by Gasteiger charge is -1.97. The van der Waals surface area contributed by atoms with Gasteiger partial charge in [-0.1, -0.05) is 23.8 Å². The Kier molecular flexibility index (Phi) is 4.27. The molecule has 0 amide bonds. The maximum atomic E-state index is 10.4. The molecular formula is C12H10ClNO2S2. The van der Waals surface area contributed by atoms with Gasteiger partial charge in [-0.25, -0.2) is 4.98 Å². The van der Waals surface area contributed by atoms with Crippen molar-refractivity contribution in [2.75, 3.05) is 0 Å². The van der Waals surface area contributed by atoms with Crippen LogP contribution in [0.3, 0.4) is 0 Å². The molecule has 2 aromatic rings. The van der Waals surface area contributed by atoms with Crippen molar-refractivity contribution in [1.29, 1.82) is 0 Å². The minimum Gasteiger partial charge on any atom is -0.481 e. The van der Waals surface area contributed by atoms with Crippen molar-refractivity contribution in [3.63, 3.8) is 0 Å². The van der Waals surface area contributed by atoms with Gasteiger partial charge in [-0.15, -0.1) is 11.3 Å². The number of carboxylic acid groups (broad SMARTS) is 1. The Bertz CT molecular complexity index is 609. The van der Waals surface area contributed by atoms with Crippen LogP contribution in [-0.4, -0.2) is 20.9 Å². The Balaban J connectivity index is 2.07. The summed E-state index contributed by atoms with van der Waals surface area (Å²) in [5, 5.41) is 10.2. The van der Waals surface area contributed by atoms with E-state index in [1.54, 1.807) is 17.4 Å². The van der Waals surface area contributed by atoms with Crippen LogP contribution in [0.4, 0.5) is 0 Å². The van der Waals surface area contributed by atoms with Crippen molar-refractivity contribution in [2.45, 2.75) is 19.3 Å². The van der Waals surface area contributed by atoms with Crippen molar-refractivity contribution < 1.29 is 9.90 Å². The molecule has 0 atom stereocenters. The van der Waals surface area contributed by atoms with Crippen LogP contribution in [0.1, 0.15) is 17.8 Å². The maximum absolute atomic E-state index is 10.4. The van der Waals surface area contributed by atoms with Crippen LogP contribution in [-0.2, 0) is 11.2 Å². The van der Waals surface area contributed by atoms with Gasteiger partial charge in [0.25, 0.3) is 0 Å². The molecule has 0 fully saturated rings. The zero-order chi connectivity index (χ0) is 13.1. The molecule has 18 heavy (non-hydrogen) atoms. The Hall–Kier alpha value is -1.04. The topological polar surface area (TPSA) is 50.2 Å². The summed E-state index contributed by atoms with van der Waals surface area (Å²) in [7, 11) is 0. The number of hydrogen-bond acceptors (Lipinski definition) is 4. The zero-order valence-corrected chi connectivity index (χ0v) is 11.7. The molecule has 1 aromatic heterocycles. The third kappa shape index (κ3) is 3.48. The highest BCUT2D eigenvalue weighted by atomic mass is 35.5. The molecule has 0 radical (unpaired) electrons. The average Bonchev–Trinajstić information content (AvgIpc) is 2.67. The summed E-state index contributed by atoms with van der Waals surface area (Å²) >= 11 is 12.6. The molecule has 6 heteroatoms. The van der Waals surface area contributed by atoms with Gasteiger partial charge in [-0.2, -0.15) is 0 Å². The molecular weight excluding hydrogens is 290 g/mol. The molecule has 0 aliphatic rings. The van der Waals surface area contributed by atoms with Gasteiger partial charge in [0.2, 0.25) is 0 Å². The number of benzene rings is 1. The second-order valence-electron chi connectivity index (χ2n) is 3.83. The average molecular weight is 300 g/mol. The number of carbonyl (C=O) groups is 1. The number of carboxylic acids is 1. The molecule has 0 aliphatic heterocycles. The molecule has 0 bridgehead atoms. The van der Waals surface area contributed by atoms with Crippen molar-refractivity contribution in [3.8, 4) is 0 Å². The Morgan fingerprint density at radius 3 is 2.94 bits per heavy atom. The van der Waals surface area contributed by atoms with E-state index in [1.165, 1.54) is 0 Å². The normalized spacial score (nSPS) is 10.7. The Labute approximate surface area is 118 Å². The lowest BCUT2D eigenvalue weighted by Crippen LogP contribution is -2.03. The predicted molar refractivity (Wildman–Crippen MR) is 77.8 cm³/mol. The summed E-state index contributed by atoms with van der Waals surface area (Å²) in [6.45, 7) is 0. The fraction of sp³-hybridized carbons (Fsp3) is 0.250. The molecule has 94 valence electrons. The van der Waals surface area contributed by atoms with Crippen molar-refractivity contribution in [1.82, 2.24) is 4.98 Å². The molecule has 0 unspecified atom stereocenters. The number of nitrogens with zero attached hydrogens (tertiary/aromatic N) is 1. The fourth-order valence-electron chi connectivity index (χ4n) is 1.53. The summed E-state index contributed by atoms with van der Waals surface area (Å²) in [4.78, 5) is 15.6. The van der Waals surface area contributed by atoms with Gasteiger partial charge < -0.3 is 5.11 Å². The Morgan fingerprint density at radius 1 is 1.44 bits per heavy atom. The van der Waals surface area contributed by atoms with Crippen molar-refractivity contribution in [3.05, 3.63) is 28.2 Å². The van der Waals surface area contributed by atoms with Gasteiger partial charge in [0.15, 0.2) is 0 Å². The maximum Gasteiger partial charge on any atom is 0.303 e. The largest absolute Gasteiger partial charge is 0.481 e. The van der Waals surface area contributed by atoms with Crippen molar-refractivity contribution >= 4 is 56.2 Å². The molecule has 1 aromatic carbocycles. The first-order chi connectivity index (χ1) is 8.54. The van der Waals surface area contributed by atoms with E-state index in [4.69, 9.17) is 28.9 Å². The zero-order valence-electron chi connectivity index (χ0n) is 9.35. The summed E-state index contributed by atoms with van der Waals surface area (Å²) in [6, 6.07) is 5.55. The molecule has 2 rings (SSSR count). The number of thiocarbonyl (C=S) groups is 1. The minimum atomic E-state index is -0.826. The van der Waals surface area contributed by atoms with Crippen LogP contribution in [0.2, 0.25) is 5.02 Å². The summed E-state index contributed by atoms with van der Waals surface area (Å²) < 4.78 is 1.03. The highest BCUT2D eigenvalue weighted by Gasteiger charge is 2.08. The second-order valence-corrected chi connectivity index (χ2v) is 5.96. The first kappa shape index (κ1) is 13.4. The van der Waals surface area contributed by atoms with Gasteiger partial charge >= 0.3 is 5.97 Å². The van der Waals surface area contributed by atoms with Gasteiger partial charge in [0.05, 0.1) is 15.2 Å². The number of fused-ring (bicyclic) bond motifs is 1. The van der Waals surface area contributed by atoms with E-state index in [2.05, 4.69) is 4.98 Å². The minimum absolute atomic E-state index is 0.0789. The predicted octanol–water partition coefficient (Wildman–Crippen LogP) is 3.73. The lowest BCUT2D eigenvalue weighted by atomic mass is 10.2. The third-order valence-electron chi connectivity index (χ3n) is 2.36. The SMILES string of the molecule is O=C(O)CCC(=S)Cc1nc2ccc(Cl)cc2s1. The van der Waals surface area contributed by atoms with Gasteiger partial charge in [0.1, 0.15) is 0 Å². The van der Waals surface area contributed by atoms with Crippen LogP contribution in [0.25, 0.3) is 10.2 Å².